The first kappa shape index (κ1) is 14.5. The standard InChI is InChI=1S/C13H17BrClNO/c1-2-12(16-13(17)4-3-9-15)10-5-7-11(14)8-6-10/h5-8,12H,2-4,9H2,1H3,(H,16,17). The third kappa shape index (κ3) is 5.09. The van der Waals surface area contributed by atoms with Gasteiger partial charge in [-0.25, -0.2) is 0 Å². The van der Waals surface area contributed by atoms with Crippen molar-refractivity contribution in [3.05, 3.63) is 34.3 Å². The predicted octanol–water partition coefficient (Wildman–Crippen LogP) is 4.04. The van der Waals surface area contributed by atoms with Crippen LogP contribution in [0.5, 0.6) is 0 Å². The zero-order valence-corrected chi connectivity index (χ0v) is 12.2. The van der Waals surface area contributed by atoms with Gasteiger partial charge in [-0.05, 0) is 30.5 Å². The summed E-state index contributed by atoms with van der Waals surface area (Å²) in [5.74, 6) is 0.600. The smallest absolute Gasteiger partial charge is 0.220 e. The van der Waals surface area contributed by atoms with E-state index in [0.29, 0.717) is 12.3 Å². The van der Waals surface area contributed by atoms with Crippen LogP contribution in [0.2, 0.25) is 0 Å². The number of nitrogens with one attached hydrogen (secondary N) is 1. The molecule has 0 aromatic heterocycles. The van der Waals surface area contributed by atoms with Crippen LogP contribution >= 0.6 is 27.5 Å². The molecule has 1 atom stereocenters. The fourth-order valence-corrected chi connectivity index (χ4v) is 2.01. The number of hydrogen-bond donors (Lipinski definition) is 1. The second kappa shape index (κ2) is 7.72. The molecule has 1 unspecified atom stereocenters. The highest BCUT2D eigenvalue weighted by Gasteiger charge is 2.11. The van der Waals surface area contributed by atoms with Crippen LogP contribution in [-0.2, 0) is 4.79 Å². The van der Waals surface area contributed by atoms with Crippen LogP contribution in [0.1, 0.15) is 37.8 Å². The van der Waals surface area contributed by atoms with E-state index in [-0.39, 0.29) is 11.9 Å². The normalized spacial score (nSPS) is 12.2. The first-order chi connectivity index (χ1) is 8.17. The first-order valence-electron chi connectivity index (χ1n) is 5.78. The maximum atomic E-state index is 11.6. The van der Waals surface area contributed by atoms with Gasteiger partial charge in [0.1, 0.15) is 0 Å². The highest BCUT2D eigenvalue weighted by molar-refractivity contribution is 9.10. The van der Waals surface area contributed by atoms with Gasteiger partial charge < -0.3 is 5.32 Å². The number of hydrogen-bond acceptors (Lipinski definition) is 1. The molecule has 4 heteroatoms. The molecule has 0 fully saturated rings. The van der Waals surface area contributed by atoms with Crippen LogP contribution in [0.4, 0.5) is 0 Å². The fourth-order valence-electron chi connectivity index (χ4n) is 1.61. The van der Waals surface area contributed by atoms with Gasteiger partial charge in [-0.3, -0.25) is 4.79 Å². The number of amides is 1. The maximum Gasteiger partial charge on any atom is 0.220 e. The van der Waals surface area contributed by atoms with Crippen molar-refractivity contribution >= 4 is 33.4 Å². The first-order valence-corrected chi connectivity index (χ1v) is 7.11. The third-order valence-electron chi connectivity index (χ3n) is 2.55. The quantitative estimate of drug-likeness (QED) is 0.788. The summed E-state index contributed by atoms with van der Waals surface area (Å²) < 4.78 is 1.05. The Morgan fingerprint density at radius 2 is 2.06 bits per heavy atom. The summed E-state index contributed by atoms with van der Waals surface area (Å²) in [6.07, 6.45) is 2.11. The van der Waals surface area contributed by atoms with Crippen molar-refractivity contribution in [2.75, 3.05) is 5.88 Å². The monoisotopic (exact) mass is 317 g/mol. The lowest BCUT2D eigenvalue weighted by Gasteiger charge is -2.17. The molecule has 0 spiro atoms. The van der Waals surface area contributed by atoms with Crippen molar-refractivity contribution in [3.63, 3.8) is 0 Å². The summed E-state index contributed by atoms with van der Waals surface area (Å²) in [7, 11) is 0. The maximum absolute atomic E-state index is 11.6. The second-order valence-electron chi connectivity index (χ2n) is 3.87. The Kier molecular flexibility index (Phi) is 6.60. The molecule has 17 heavy (non-hydrogen) atoms. The van der Waals surface area contributed by atoms with Gasteiger partial charge in [0.2, 0.25) is 5.91 Å². The van der Waals surface area contributed by atoms with Gasteiger partial charge in [-0.1, -0.05) is 35.0 Å². The lowest BCUT2D eigenvalue weighted by Crippen LogP contribution is -2.27. The van der Waals surface area contributed by atoms with Crippen molar-refractivity contribution in [2.24, 2.45) is 0 Å². The molecule has 1 aromatic carbocycles. The van der Waals surface area contributed by atoms with Crippen LogP contribution in [0.25, 0.3) is 0 Å². The zero-order chi connectivity index (χ0) is 12.7. The van der Waals surface area contributed by atoms with E-state index in [9.17, 15) is 4.79 Å². The molecule has 1 rings (SSSR count). The Hall–Kier alpha value is -0.540. The minimum Gasteiger partial charge on any atom is -0.349 e. The summed E-state index contributed by atoms with van der Waals surface area (Å²) >= 11 is 8.96. The van der Waals surface area contributed by atoms with Gasteiger partial charge in [0.15, 0.2) is 0 Å². The van der Waals surface area contributed by atoms with E-state index in [1.54, 1.807) is 0 Å². The molecular formula is C13H17BrClNO. The topological polar surface area (TPSA) is 29.1 Å². The molecule has 0 aliphatic heterocycles. The van der Waals surface area contributed by atoms with Crippen molar-refractivity contribution in [1.82, 2.24) is 5.32 Å². The lowest BCUT2D eigenvalue weighted by molar-refractivity contribution is -0.121. The Bertz CT molecular complexity index is 353. The Labute approximate surface area is 116 Å². The second-order valence-corrected chi connectivity index (χ2v) is 5.17. The average Bonchev–Trinajstić information content (AvgIpc) is 2.34. The zero-order valence-electron chi connectivity index (χ0n) is 9.88. The van der Waals surface area contributed by atoms with Crippen molar-refractivity contribution in [1.29, 1.82) is 0 Å². The highest BCUT2D eigenvalue weighted by atomic mass is 79.9. The highest BCUT2D eigenvalue weighted by Crippen LogP contribution is 2.19. The van der Waals surface area contributed by atoms with Crippen LogP contribution in [-0.4, -0.2) is 11.8 Å². The summed E-state index contributed by atoms with van der Waals surface area (Å²) in [5, 5.41) is 3.02. The summed E-state index contributed by atoms with van der Waals surface area (Å²) in [6.45, 7) is 2.06. The number of rotatable bonds is 6. The van der Waals surface area contributed by atoms with Crippen LogP contribution in [0.15, 0.2) is 28.7 Å². The van der Waals surface area contributed by atoms with E-state index in [1.807, 2.05) is 24.3 Å². The van der Waals surface area contributed by atoms with E-state index >= 15 is 0 Å². The molecule has 0 bridgehead atoms. The average molecular weight is 319 g/mol. The van der Waals surface area contributed by atoms with Gasteiger partial charge >= 0.3 is 0 Å². The third-order valence-corrected chi connectivity index (χ3v) is 3.35. The molecule has 94 valence electrons. The number of carbonyl (C=O) groups excluding carboxylic acids is 1. The molecular weight excluding hydrogens is 302 g/mol. The molecule has 1 N–H and O–H groups in total. The fraction of sp³-hybridized carbons (Fsp3) is 0.462. The summed E-state index contributed by atoms with van der Waals surface area (Å²) in [5.41, 5.74) is 1.13. The van der Waals surface area contributed by atoms with Gasteiger partial charge in [0, 0.05) is 16.8 Å². The van der Waals surface area contributed by atoms with Crippen molar-refractivity contribution in [3.8, 4) is 0 Å². The van der Waals surface area contributed by atoms with Gasteiger partial charge in [0.25, 0.3) is 0 Å². The predicted molar refractivity (Wildman–Crippen MR) is 75.3 cm³/mol. The van der Waals surface area contributed by atoms with Crippen molar-refractivity contribution < 1.29 is 4.79 Å². The molecule has 0 aliphatic carbocycles. The van der Waals surface area contributed by atoms with E-state index < -0.39 is 0 Å². The lowest BCUT2D eigenvalue weighted by atomic mass is 10.0. The number of carbonyl (C=O) groups is 1. The molecule has 2 nitrogen and oxygen atoms in total. The van der Waals surface area contributed by atoms with Crippen LogP contribution in [0.3, 0.4) is 0 Å². The molecule has 1 aromatic rings. The molecule has 0 radical (unpaired) electrons. The molecule has 0 saturated heterocycles. The SMILES string of the molecule is CCC(NC(=O)CCCCl)c1ccc(Br)cc1. The molecule has 0 aliphatic rings. The van der Waals surface area contributed by atoms with E-state index in [0.717, 1.165) is 22.9 Å². The van der Waals surface area contributed by atoms with E-state index in [2.05, 4.69) is 28.2 Å². The number of alkyl halides is 1. The Morgan fingerprint density at radius 1 is 1.41 bits per heavy atom. The minimum atomic E-state index is 0.0698. The molecule has 0 saturated carbocycles. The number of benzene rings is 1. The Morgan fingerprint density at radius 3 is 2.59 bits per heavy atom. The number of halogens is 2. The summed E-state index contributed by atoms with van der Waals surface area (Å²) in [4.78, 5) is 11.6. The van der Waals surface area contributed by atoms with Crippen LogP contribution < -0.4 is 5.32 Å². The van der Waals surface area contributed by atoms with Crippen molar-refractivity contribution in [2.45, 2.75) is 32.2 Å². The summed E-state index contributed by atoms with van der Waals surface area (Å²) in [6, 6.07) is 8.12. The molecule has 1 amide bonds. The van der Waals surface area contributed by atoms with Gasteiger partial charge in [0.05, 0.1) is 6.04 Å². The van der Waals surface area contributed by atoms with E-state index in [4.69, 9.17) is 11.6 Å². The minimum absolute atomic E-state index is 0.0698. The Balaban J connectivity index is 2.59. The van der Waals surface area contributed by atoms with Crippen LogP contribution in [0, 0.1) is 0 Å². The largest absolute Gasteiger partial charge is 0.349 e. The van der Waals surface area contributed by atoms with Gasteiger partial charge in [-0.2, -0.15) is 0 Å². The van der Waals surface area contributed by atoms with Gasteiger partial charge in [-0.15, -0.1) is 11.6 Å². The molecule has 0 heterocycles. The van der Waals surface area contributed by atoms with E-state index in [1.165, 1.54) is 0 Å².